The first-order valence-electron chi connectivity index (χ1n) is 19.8. The molecule has 0 aromatic heterocycles. The van der Waals surface area contributed by atoms with E-state index in [4.69, 9.17) is 16.3 Å². The minimum absolute atomic E-state index is 0.0574. The Balaban J connectivity index is 0.819. The van der Waals surface area contributed by atoms with E-state index in [1.807, 2.05) is 15.9 Å². The van der Waals surface area contributed by atoms with Gasteiger partial charge in [-0.15, -0.1) is 0 Å². The number of carbonyl (C=O) groups is 6. The third-order valence-electron chi connectivity index (χ3n) is 13.3. The number of amides is 6. The van der Waals surface area contributed by atoms with E-state index in [9.17, 15) is 34.0 Å². The van der Waals surface area contributed by atoms with E-state index in [0.717, 1.165) is 34.4 Å². The Kier molecular flexibility index (Phi) is 8.83. The van der Waals surface area contributed by atoms with E-state index >= 15 is 0 Å². The normalized spacial score (nSPS) is 24.9. The number of piperidine rings is 2. The van der Waals surface area contributed by atoms with Gasteiger partial charge in [-0.25, -0.2) is 0 Å². The van der Waals surface area contributed by atoms with Crippen molar-refractivity contribution in [1.29, 1.82) is 5.26 Å². The predicted octanol–water partition coefficient (Wildman–Crippen LogP) is 5.07. The van der Waals surface area contributed by atoms with Gasteiger partial charge in [-0.2, -0.15) is 5.26 Å². The Hall–Kier alpha value is -5.58. The van der Waals surface area contributed by atoms with E-state index in [1.165, 1.54) is 0 Å². The number of hydrogen-bond donors (Lipinski definition) is 1. The fraction of sp³-hybridized carbons (Fsp3) is 0.432. The second-order valence-corrected chi connectivity index (χ2v) is 18.1. The Morgan fingerprint density at radius 2 is 1.47 bits per heavy atom. The lowest BCUT2D eigenvalue weighted by Gasteiger charge is -2.65. The maximum Gasteiger partial charge on any atom is 0.262 e. The Morgan fingerprint density at radius 3 is 2.07 bits per heavy atom. The van der Waals surface area contributed by atoms with Crippen LogP contribution < -0.4 is 10.1 Å². The summed E-state index contributed by atoms with van der Waals surface area (Å²) in [5, 5.41) is 11.8. The number of carbonyl (C=O) groups excluding carboxylic acids is 6. The zero-order chi connectivity index (χ0) is 41.0. The van der Waals surface area contributed by atoms with Crippen LogP contribution in [0, 0.1) is 22.2 Å². The van der Waals surface area contributed by atoms with Crippen molar-refractivity contribution in [2.45, 2.75) is 97.2 Å². The van der Waals surface area contributed by atoms with E-state index < -0.39 is 40.5 Å². The molecule has 5 aliphatic heterocycles. The molecule has 5 heterocycles. The van der Waals surface area contributed by atoms with Gasteiger partial charge in [0, 0.05) is 79.3 Å². The average molecular weight is 803 g/mol. The van der Waals surface area contributed by atoms with Crippen molar-refractivity contribution < 1.29 is 33.5 Å². The number of likely N-dealkylation sites (tertiary alicyclic amines) is 1. The van der Waals surface area contributed by atoms with Crippen LogP contribution in [0.5, 0.6) is 5.75 Å². The van der Waals surface area contributed by atoms with Crippen molar-refractivity contribution in [2.75, 3.05) is 13.1 Å². The Morgan fingerprint density at radius 1 is 0.810 bits per heavy atom. The van der Waals surface area contributed by atoms with Gasteiger partial charge in [-0.3, -0.25) is 43.9 Å². The highest BCUT2D eigenvalue weighted by atomic mass is 35.5. The summed E-state index contributed by atoms with van der Waals surface area (Å²) in [4.78, 5) is 85.7. The minimum atomic E-state index is -0.997. The van der Waals surface area contributed by atoms with Gasteiger partial charge in [0.05, 0.1) is 21.7 Å². The number of hydrogen-bond acceptors (Lipinski definition) is 9. The second-order valence-electron chi connectivity index (χ2n) is 17.6. The van der Waals surface area contributed by atoms with Crippen molar-refractivity contribution in [1.82, 2.24) is 24.9 Å². The predicted molar refractivity (Wildman–Crippen MR) is 210 cm³/mol. The van der Waals surface area contributed by atoms with Crippen molar-refractivity contribution in [3.05, 3.63) is 98.1 Å². The maximum atomic E-state index is 13.9. The molecular formula is C44H43ClN6O7. The van der Waals surface area contributed by atoms with Crippen LogP contribution >= 0.6 is 11.6 Å². The number of imide groups is 2. The van der Waals surface area contributed by atoms with Crippen LogP contribution in [-0.2, 0) is 29.2 Å². The molecule has 298 valence electrons. The lowest BCUT2D eigenvalue weighted by Crippen LogP contribution is -2.74. The summed E-state index contributed by atoms with van der Waals surface area (Å²) < 4.78 is 6.46. The van der Waals surface area contributed by atoms with Crippen LogP contribution in [0.1, 0.15) is 117 Å². The number of nitrogens with one attached hydrogen (secondary N) is 1. The SMILES string of the molecule is CC1(C)C(Oc2ccc(C#N)c(Cl)c2)C(C)(C)C1N1Cc2cc(C(=O)N3CCC(N4Cc5cc6c(cc5C4)C(=O)N(C4CCC(=O)NC4=O)C6=O)CC3)ccc2C1=O. The minimum Gasteiger partial charge on any atom is -0.489 e. The highest BCUT2D eigenvalue weighted by molar-refractivity contribution is 6.31. The molecule has 3 aromatic rings. The van der Waals surface area contributed by atoms with Gasteiger partial charge in [0.1, 0.15) is 24.0 Å². The topological polar surface area (TPSA) is 160 Å². The molecule has 0 bridgehead atoms. The number of rotatable bonds is 6. The van der Waals surface area contributed by atoms with E-state index in [2.05, 4.69) is 44.0 Å². The zero-order valence-corrected chi connectivity index (χ0v) is 33.5. The third-order valence-corrected chi connectivity index (χ3v) is 13.7. The van der Waals surface area contributed by atoms with Gasteiger partial charge in [0.2, 0.25) is 11.8 Å². The molecule has 13 nitrogen and oxygen atoms in total. The van der Waals surface area contributed by atoms with Crippen LogP contribution in [-0.4, -0.2) is 92.4 Å². The average Bonchev–Trinajstić information content (AvgIpc) is 3.83. The number of halogens is 1. The van der Waals surface area contributed by atoms with Crippen LogP contribution in [0.25, 0.3) is 0 Å². The molecule has 6 amide bonds. The summed E-state index contributed by atoms with van der Waals surface area (Å²) in [5.41, 5.74) is 4.08. The fourth-order valence-electron chi connectivity index (χ4n) is 11.0. The Bertz CT molecular complexity index is 2350. The second kappa shape index (κ2) is 13.5. The molecule has 1 N–H and O–H groups in total. The van der Waals surface area contributed by atoms with E-state index in [0.29, 0.717) is 71.3 Å². The summed E-state index contributed by atoms with van der Waals surface area (Å²) in [7, 11) is 0. The molecule has 3 fully saturated rings. The molecule has 9 rings (SSSR count). The molecule has 2 saturated heterocycles. The molecule has 58 heavy (non-hydrogen) atoms. The smallest absolute Gasteiger partial charge is 0.262 e. The molecule has 6 aliphatic rings. The van der Waals surface area contributed by atoms with Crippen LogP contribution in [0.15, 0.2) is 48.5 Å². The van der Waals surface area contributed by atoms with Crippen molar-refractivity contribution in [3.8, 4) is 11.8 Å². The molecule has 3 aromatic carbocycles. The molecular weight excluding hydrogens is 760 g/mol. The monoisotopic (exact) mass is 802 g/mol. The Labute approximate surface area is 340 Å². The highest BCUT2D eigenvalue weighted by Gasteiger charge is 2.67. The lowest BCUT2D eigenvalue weighted by molar-refractivity contribution is -0.199. The molecule has 1 saturated carbocycles. The summed E-state index contributed by atoms with van der Waals surface area (Å²) in [6, 6.07) is 15.2. The first kappa shape index (κ1) is 38.0. The molecule has 1 unspecified atom stereocenters. The summed E-state index contributed by atoms with van der Waals surface area (Å²) >= 11 is 6.28. The van der Waals surface area contributed by atoms with Crippen molar-refractivity contribution in [3.63, 3.8) is 0 Å². The first-order valence-corrected chi connectivity index (χ1v) is 20.2. The number of nitriles is 1. The maximum absolute atomic E-state index is 13.9. The van der Waals surface area contributed by atoms with Gasteiger partial charge >= 0.3 is 0 Å². The molecule has 1 atom stereocenters. The number of ether oxygens (including phenoxy) is 1. The van der Waals surface area contributed by atoms with Gasteiger partial charge in [0.15, 0.2) is 0 Å². The quantitative estimate of drug-likeness (QED) is 0.336. The van der Waals surface area contributed by atoms with Crippen molar-refractivity contribution >= 4 is 47.0 Å². The van der Waals surface area contributed by atoms with Crippen LogP contribution in [0.4, 0.5) is 0 Å². The number of nitrogens with zero attached hydrogens (tertiary/aromatic N) is 5. The lowest BCUT2D eigenvalue weighted by atomic mass is 9.49. The molecule has 14 heteroatoms. The largest absolute Gasteiger partial charge is 0.489 e. The molecule has 0 radical (unpaired) electrons. The summed E-state index contributed by atoms with van der Waals surface area (Å²) in [5.74, 6) is -1.60. The van der Waals surface area contributed by atoms with Gasteiger partial charge in [-0.05, 0) is 78.4 Å². The highest BCUT2D eigenvalue weighted by Crippen LogP contribution is 2.59. The zero-order valence-electron chi connectivity index (χ0n) is 32.8. The summed E-state index contributed by atoms with van der Waals surface area (Å²) in [6.45, 7) is 11.2. The van der Waals surface area contributed by atoms with E-state index in [1.54, 1.807) is 42.5 Å². The third kappa shape index (κ3) is 5.82. The fourth-order valence-corrected chi connectivity index (χ4v) is 11.2. The van der Waals surface area contributed by atoms with Gasteiger partial charge in [0.25, 0.3) is 23.6 Å². The van der Waals surface area contributed by atoms with E-state index in [-0.39, 0.29) is 42.8 Å². The molecule has 1 aliphatic carbocycles. The van der Waals surface area contributed by atoms with Crippen LogP contribution in [0.3, 0.4) is 0 Å². The first-order chi connectivity index (χ1) is 27.6. The number of fused-ring (bicyclic) bond motifs is 3. The van der Waals surface area contributed by atoms with Gasteiger partial charge < -0.3 is 14.5 Å². The van der Waals surface area contributed by atoms with Gasteiger partial charge in [-0.1, -0.05) is 39.3 Å². The van der Waals surface area contributed by atoms with Crippen LogP contribution in [0.2, 0.25) is 5.02 Å². The standard InChI is InChI=1S/C44H43ClN6O7/c1-43(2)41(44(3,4)42(43)58-29-7-5-24(19-46)33(45)18-29)50-22-27-15-23(6-8-30(27)38(50)55)37(54)48-13-11-28(12-14-48)49-20-25-16-31-32(17-26(25)21-49)40(57)51(39(31)56)34-9-10-35(52)47-36(34)53/h5-8,15-18,28,34,41-42H,9-14,20-22H2,1-4H3,(H,47,52,53). The summed E-state index contributed by atoms with van der Waals surface area (Å²) in [6.07, 6.45) is 1.49. The molecule has 0 spiro atoms. The number of benzene rings is 3. The van der Waals surface area contributed by atoms with Crippen molar-refractivity contribution in [2.24, 2.45) is 10.8 Å².